The van der Waals surface area contributed by atoms with Gasteiger partial charge in [0.05, 0.1) is 19.8 Å². The second kappa shape index (κ2) is 8.06. The molecule has 0 atom stereocenters. The average Bonchev–Trinajstić information content (AvgIpc) is 2.38. The quantitative estimate of drug-likeness (QED) is 0.692. The van der Waals surface area contributed by atoms with Crippen LogP contribution in [0.25, 0.3) is 0 Å². The van der Waals surface area contributed by atoms with Crippen LogP contribution >= 0.6 is 0 Å². The van der Waals surface area contributed by atoms with Gasteiger partial charge in [0.25, 0.3) is 0 Å². The Balaban J connectivity index is 2.28. The van der Waals surface area contributed by atoms with Gasteiger partial charge in [-0.2, -0.15) is 0 Å². The molecule has 0 unspecified atom stereocenters. The highest BCUT2D eigenvalue weighted by Gasteiger charge is 2.00. The second-order valence-electron chi connectivity index (χ2n) is 3.90. The van der Waals surface area contributed by atoms with Crippen molar-refractivity contribution in [3.05, 3.63) is 29.8 Å². The molecule has 0 aliphatic carbocycles. The van der Waals surface area contributed by atoms with E-state index in [4.69, 9.17) is 15.2 Å². The van der Waals surface area contributed by atoms with Gasteiger partial charge >= 0.3 is 0 Å². The Morgan fingerprint density at radius 1 is 1.12 bits per heavy atom. The van der Waals surface area contributed by atoms with Crippen LogP contribution in [0.5, 0.6) is 0 Å². The van der Waals surface area contributed by atoms with Gasteiger partial charge in [0.1, 0.15) is 0 Å². The lowest BCUT2D eigenvalue weighted by atomic mass is 10.2. The lowest BCUT2D eigenvalue weighted by Crippen LogP contribution is -2.23. The molecule has 1 aromatic rings. The first-order valence-corrected chi connectivity index (χ1v) is 5.84. The maximum atomic E-state index is 5.56. The number of hydrogen-bond donors (Lipinski definition) is 1. The number of ether oxygens (including phenoxy) is 2. The van der Waals surface area contributed by atoms with Crippen LogP contribution in [0.2, 0.25) is 0 Å². The summed E-state index contributed by atoms with van der Waals surface area (Å²) < 4.78 is 10.3. The minimum absolute atomic E-state index is 0.587. The number of rotatable bonds is 8. The first kappa shape index (κ1) is 14.0. The van der Waals surface area contributed by atoms with Gasteiger partial charge in [0.15, 0.2) is 0 Å². The van der Waals surface area contributed by atoms with Crippen LogP contribution in [-0.2, 0) is 16.0 Å². The molecule has 0 saturated heterocycles. The highest BCUT2D eigenvalue weighted by Crippen LogP contribution is 2.13. The highest BCUT2D eigenvalue weighted by molar-refractivity contribution is 5.46. The van der Waals surface area contributed by atoms with E-state index in [2.05, 4.69) is 36.2 Å². The molecule has 0 spiro atoms. The first-order chi connectivity index (χ1) is 8.27. The molecule has 0 aromatic heterocycles. The minimum atomic E-state index is 0.587. The average molecular weight is 238 g/mol. The Hall–Kier alpha value is -1.10. The number of benzene rings is 1. The minimum Gasteiger partial charge on any atom is -0.382 e. The predicted octanol–water partition coefficient (Wildman–Crippen LogP) is 1.24. The van der Waals surface area contributed by atoms with E-state index in [9.17, 15) is 0 Å². The maximum absolute atomic E-state index is 5.56. The van der Waals surface area contributed by atoms with Crippen molar-refractivity contribution in [2.45, 2.75) is 6.54 Å². The van der Waals surface area contributed by atoms with Gasteiger partial charge < -0.3 is 20.1 Å². The molecule has 4 heteroatoms. The third-order valence-corrected chi connectivity index (χ3v) is 2.62. The number of methoxy groups -OCH3 is 1. The van der Waals surface area contributed by atoms with Crippen molar-refractivity contribution < 1.29 is 9.47 Å². The van der Waals surface area contributed by atoms with Gasteiger partial charge in [0.2, 0.25) is 0 Å². The Kier molecular flexibility index (Phi) is 6.62. The Morgan fingerprint density at radius 2 is 1.82 bits per heavy atom. The normalized spacial score (nSPS) is 10.5. The van der Waals surface area contributed by atoms with Crippen molar-refractivity contribution in [1.29, 1.82) is 0 Å². The molecular weight excluding hydrogens is 216 g/mol. The van der Waals surface area contributed by atoms with Crippen molar-refractivity contribution in [2.75, 3.05) is 45.4 Å². The van der Waals surface area contributed by atoms with Crippen LogP contribution in [0.3, 0.4) is 0 Å². The fourth-order valence-corrected chi connectivity index (χ4v) is 1.46. The van der Waals surface area contributed by atoms with Crippen LogP contribution in [0.15, 0.2) is 24.3 Å². The molecule has 0 heterocycles. The van der Waals surface area contributed by atoms with Crippen molar-refractivity contribution >= 4 is 5.69 Å². The van der Waals surface area contributed by atoms with E-state index in [0.717, 1.165) is 12.1 Å². The zero-order chi connectivity index (χ0) is 12.5. The molecular formula is C13H22N2O2. The van der Waals surface area contributed by atoms with Gasteiger partial charge in [-0.05, 0) is 17.7 Å². The lowest BCUT2D eigenvalue weighted by molar-refractivity contribution is 0.0744. The van der Waals surface area contributed by atoms with Gasteiger partial charge in [0, 0.05) is 32.9 Å². The van der Waals surface area contributed by atoms with Gasteiger partial charge in [-0.25, -0.2) is 0 Å². The van der Waals surface area contributed by atoms with Crippen molar-refractivity contribution in [2.24, 2.45) is 5.73 Å². The maximum Gasteiger partial charge on any atom is 0.0701 e. The van der Waals surface area contributed by atoms with E-state index in [1.807, 2.05) is 0 Å². The lowest BCUT2D eigenvalue weighted by Gasteiger charge is -2.19. The largest absolute Gasteiger partial charge is 0.382 e. The van der Waals surface area contributed by atoms with E-state index in [1.54, 1.807) is 7.11 Å². The summed E-state index contributed by atoms with van der Waals surface area (Å²) in [5.41, 5.74) is 7.89. The summed E-state index contributed by atoms with van der Waals surface area (Å²) in [6, 6.07) is 8.27. The van der Waals surface area contributed by atoms with E-state index >= 15 is 0 Å². The zero-order valence-electron chi connectivity index (χ0n) is 10.7. The molecule has 0 aliphatic rings. The van der Waals surface area contributed by atoms with Crippen molar-refractivity contribution in [3.8, 4) is 0 Å². The van der Waals surface area contributed by atoms with Crippen LogP contribution in [0.1, 0.15) is 5.56 Å². The summed E-state index contributed by atoms with van der Waals surface area (Å²) >= 11 is 0. The standard InChI is InChI=1S/C13H22N2O2/c1-15(7-8-17-10-9-16-2)13-5-3-12(11-14)4-6-13/h3-6H,7-11,14H2,1-2H3. The topological polar surface area (TPSA) is 47.7 Å². The van der Waals surface area contributed by atoms with E-state index < -0.39 is 0 Å². The molecule has 0 fully saturated rings. The Bertz CT molecular complexity index is 301. The molecule has 0 saturated carbocycles. The molecule has 2 N–H and O–H groups in total. The van der Waals surface area contributed by atoms with Gasteiger partial charge in [-0.15, -0.1) is 0 Å². The molecule has 4 nitrogen and oxygen atoms in total. The van der Waals surface area contributed by atoms with Crippen LogP contribution in [-0.4, -0.2) is 40.5 Å². The molecule has 1 aromatic carbocycles. The number of nitrogens with two attached hydrogens (primary N) is 1. The van der Waals surface area contributed by atoms with Crippen LogP contribution in [0, 0.1) is 0 Å². The molecule has 0 aliphatic heterocycles. The van der Waals surface area contributed by atoms with Crippen LogP contribution < -0.4 is 10.6 Å². The van der Waals surface area contributed by atoms with E-state index in [-0.39, 0.29) is 0 Å². The monoisotopic (exact) mass is 238 g/mol. The fourth-order valence-electron chi connectivity index (χ4n) is 1.46. The summed E-state index contributed by atoms with van der Waals surface area (Å²) in [4.78, 5) is 2.16. The van der Waals surface area contributed by atoms with Crippen molar-refractivity contribution in [3.63, 3.8) is 0 Å². The molecule has 0 bridgehead atoms. The van der Waals surface area contributed by atoms with Crippen molar-refractivity contribution in [1.82, 2.24) is 0 Å². The summed E-state index contributed by atoms with van der Waals surface area (Å²) in [6.07, 6.45) is 0. The molecule has 1 rings (SSSR count). The number of nitrogens with zero attached hydrogens (tertiary/aromatic N) is 1. The number of hydrogen-bond acceptors (Lipinski definition) is 4. The summed E-state index contributed by atoms with van der Waals surface area (Å²) in [5.74, 6) is 0. The number of likely N-dealkylation sites (N-methyl/N-ethyl adjacent to an activating group) is 1. The van der Waals surface area contributed by atoms with E-state index in [1.165, 1.54) is 5.69 Å². The van der Waals surface area contributed by atoms with Gasteiger partial charge in [-0.3, -0.25) is 0 Å². The fraction of sp³-hybridized carbons (Fsp3) is 0.538. The third kappa shape index (κ3) is 5.17. The zero-order valence-corrected chi connectivity index (χ0v) is 10.7. The van der Waals surface area contributed by atoms with E-state index in [0.29, 0.717) is 26.4 Å². The Morgan fingerprint density at radius 3 is 2.41 bits per heavy atom. The SMILES string of the molecule is COCCOCCN(C)c1ccc(CN)cc1. The Labute approximate surface area is 103 Å². The smallest absolute Gasteiger partial charge is 0.0701 e. The predicted molar refractivity (Wildman–Crippen MR) is 70.3 cm³/mol. The molecule has 17 heavy (non-hydrogen) atoms. The number of anilines is 1. The molecule has 0 amide bonds. The summed E-state index contributed by atoms with van der Waals surface area (Å²) in [6.45, 7) is 3.46. The molecule has 96 valence electrons. The molecule has 0 radical (unpaired) electrons. The third-order valence-electron chi connectivity index (χ3n) is 2.62. The second-order valence-corrected chi connectivity index (χ2v) is 3.90. The highest BCUT2D eigenvalue weighted by atomic mass is 16.5. The first-order valence-electron chi connectivity index (χ1n) is 5.84. The van der Waals surface area contributed by atoms with Crippen LogP contribution in [0.4, 0.5) is 5.69 Å². The summed E-state index contributed by atoms with van der Waals surface area (Å²) in [7, 11) is 3.73. The summed E-state index contributed by atoms with van der Waals surface area (Å²) in [5, 5.41) is 0. The van der Waals surface area contributed by atoms with Gasteiger partial charge in [-0.1, -0.05) is 12.1 Å².